The van der Waals surface area contributed by atoms with E-state index in [-0.39, 0.29) is 0 Å². The second kappa shape index (κ2) is 4.61. The van der Waals surface area contributed by atoms with Gasteiger partial charge in [0.25, 0.3) is 0 Å². The van der Waals surface area contributed by atoms with Gasteiger partial charge in [-0.2, -0.15) is 0 Å². The Morgan fingerprint density at radius 1 is 1.12 bits per heavy atom. The number of aromatic hydroxyl groups is 1. The SMILES string of the molecule is Oc1ccc(C2CCC3CC=CC=C3S2)cc1. The molecule has 0 bridgehead atoms. The minimum absolute atomic E-state index is 0.354. The number of hydrogen-bond acceptors (Lipinski definition) is 2. The molecular formula is C15H16OS. The normalized spacial score (nSPS) is 27.4. The maximum atomic E-state index is 9.32. The van der Waals surface area contributed by atoms with Crippen molar-refractivity contribution < 1.29 is 5.11 Å². The molecule has 0 radical (unpaired) electrons. The first-order valence-electron chi connectivity index (χ1n) is 6.15. The quantitative estimate of drug-likeness (QED) is 0.789. The van der Waals surface area contributed by atoms with Crippen molar-refractivity contribution in [3.8, 4) is 5.75 Å². The number of hydrogen-bond donors (Lipinski definition) is 1. The lowest BCUT2D eigenvalue weighted by Crippen LogP contribution is -2.12. The summed E-state index contributed by atoms with van der Waals surface area (Å²) >= 11 is 2.00. The monoisotopic (exact) mass is 244 g/mol. The smallest absolute Gasteiger partial charge is 0.115 e. The van der Waals surface area contributed by atoms with Crippen molar-refractivity contribution in [1.82, 2.24) is 0 Å². The number of thioether (sulfide) groups is 1. The van der Waals surface area contributed by atoms with Gasteiger partial charge in [0.05, 0.1) is 0 Å². The summed E-state index contributed by atoms with van der Waals surface area (Å²) in [5.74, 6) is 1.12. The Kier molecular flexibility index (Phi) is 2.98. The zero-order valence-corrected chi connectivity index (χ0v) is 10.5. The molecule has 2 heteroatoms. The average Bonchev–Trinajstić information content (AvgIpc) is 2.39. The van der Waals surface area contributed by atoms with E-state index in [0.717, 1.165) is 5.92 Å². The van der Waals surface area contributed by atoms with Crippen molar-refractivity contribution in [2.45, 2.75) is 24.5 Å². The van der Waals surface area contributed by atoms with Gasteiger partial charge in [0.2, 0.25) is 0 Å². The first-order valence-corrected chi connectivity index (χ1v) is 7.03. The predicted molar refractivity (Wildman–Crippen MR) is 73.0 cm³/mol. The van der Waals surface area contributed by atoms with Gasteiger partial charge in [-0.05, 0) is 47.8 Å². The van der Waals surface area contributed by atoms with Crippen LogP contribution in [0.1, 0.15) is 30.1 Å². The highest BCUT2D eigenvalue weighted by Crippen LogP contribution is 2.49. The van der Waals surface area contributed by atoms with Gasteiger partial charge in [-0.1, -0.05) is 30.4 Å². The number of benzene rings is 1. The molecule has 2 atom stereocenters. The van der Waals surface area contributed by atoms with Crippen LogP contribution >= 0.6 is 11.8 Å². The van der Waals surface area contributed by atoms with Gasteiger partial charge in [-0.3, -0.25) is 0 Å². The predicted octanol–water partition coefficient (Wildman–Crippen LogP) is 4.42. The van der Waals surface area contributed by atoms with Crippen molar-refractivity contribution in [1.29, 1.82) is 0 Å². The summed E-state index contributed by atoms with van der Waals surface area (Å²) in [5.41, 5.74) is 1.33. The van der Waals surface area contributed by atoms with E-state index in [1.54, 1.807) is 12.1 Å². The highest BCUT2D eigenvalue weighted by Gasteiger charge is 2.27. The molecule has 1 aromatic rings. The van der Waals surface area contributed by atoms with Gasteiger partial charge in [-0.25, -0.2) is 0 Å². The van der Waals surface area contributed by atoms with E-state index in [9.17, 15) is 5.11 Å². The second-order valence-electron chi connectivity index (χ2n) is 4.71. The molecule has 1 aromatic carbocycles. The lowest BCUT2D eigenvalue weighted by molar-refractivity contribution is 0.474. The van der Waals surface area contributed by atoms with Crippen molar-refractivity contribution in [2.75, 3.05) is 0 Å². The fraction of sp³-hybridized carbons (Fsp3) is 0.333. The Morgan fingerprint density at radius 3 is 2.76 bits per heavy atom. The van der Waals surface area contributed by atoms with Crippen LogP contribution in [-0.4, -0.2) is 5.11 Å². The van der Waals surface area contributed by atoms with Crippen LogP contribution < -0.4 is 0 Å². The number of rotatable bonds is 1. The Hall–Kier alpha value is -1.15. The van der Waals surface area contributed by atoms with Gasteiger partial charge >= 0.3 is 0 Å². The lowest BCUT2D eigenvalue weighted by Gasteiger charge is -2.31. The molecule has 3 rings (SSSR count). The van der Waals surface area contributed by atoms with Gasteiger partial charge in [0.15, 0.2) is 0 Å². The molecule has 0 saturated carbocycles. The largest absolute Gasteiger partial charge is 0.508 e. The van der Waals surface area contributed by atoms with Crippen LogP contribution in [0.3, 0.4) is 0 Å². The standard InChI is InChI=1S/C15H16OS/c16-13-8-5-12(6-9-13)15-10-7-11-3-1-2-4-14(11)17-15/h1-2,4-6,8-9,11,15-16H,3,7,10H2. The van der Waals surface area contributed by atoms with Crippen LogP contribution in [0.15, 0.2) is 47.4 Å². The van der Waals surface area contributed by atoms with Crippen molar-refractivity contribution in [2.24, 2.45) is 5.92 Å². The highest BCUT2D eigenvalue weighted by molar-refractivity contribution is 8.03. The molecule has 1 heterocycles. The van der Waals surface area contributed by atoms with Crippen LogP contribution in [0.25, 0.3) is 0 Å². The van der Waals surface area contributed by atoms with Gasteiger partial charge in [0.1, 0.15) is 5.75 Å². The topological polar surface area (TPSA) is 20.2 Å². The molecule has 1 aliphatic carbocycles. The minimum Gasteiger partial charge on any atom is -0.508 e. The lowest BCUT2D eigenvalue weighted by atomic mass is 9.92. The molecule has 1 N–H and O–H groups in total. The third-order valence-electron chi connectivity index (χ3n) is 3.54. The summed E-state index contributed by atoms with van der Waals surface area (Å²) < 4.78 is 0. The maximum absolute atomic E-state index is 9.32. The third-order valence-corrected chi connectivity index (χ3v) is 5.07. The third kappa shape index (κ3) is 2.27. The first-order chi connectivity index (χ1) is 8.33. The molecule has 0 amide bonds. The molecule has 88 valence electrons. The molecule has 1 aliphatic heterocycles. The van der Waals surface area contributed by atoms with Crippen molar-refractivity contribution >= 4 is 11.8 Å². The Bertz CT molecular complexity index is 458. The van der Waals surface area contributed by atoms with Crippen LogP contribution in [0.4, 0.5) is 0 Å². The fourth-order valence-corrected chi connectivity index (χ4v) is 3.99. The van der Waals surface area contributed by atoms with Crippen molar-refractivity contribution in [3.63, 3.8) is 0 Å². The summed E-state index contributed by atoms with van der Waals surface area (Å²) in [6, 6.07) is 7.67. The van der Waals surface area contributed by atoms with E-state index in [0.29, 0.717) is 11.0 Å². The van der Waals surface area contributed by atoms with E-state index in [1.807, 2.05) is 23.9 Å². The number of phenols is 1. The second-order valence-corrected chi connectivity index (χ2v) is 5.98. The first kappa shape index (κ1) is 11.0. The zero-order chi connectivity index (χ0) is 11.7. The van der Waals surface area contributed by atoms with Crippen LogP contribution in [-0.2, 0) is 0 Å². The van der Waals surface area contributed by atoms with Crippen LogP contribution in [0.2, 0.25) is 0 Å². The van der Waals surface area contributed by atoms with E-state index in [2.05, 4.69) is 18.2 Å². The fourth-order valence-electron chi connectivity index (χ4n) is 2.55. The van der Waals surface area contributed by atoms with E-state index >= 15 is 0 Å². The maximum Gasteiger partial charge on any atom is 0.115 e. The number of fused-ring (bicyclic) bond motifs is 1. The van der Waals surface area contributed by atoms with Gasteiger partial charge < -0.3 is 5.11 Å². The molecule has 0 aromatic heterocycles. The molecule has 1 nitrogen and oxygen atoms in total. The summed E-state index contributed by atoms with van der Waals surface area (Å²) in [5, 5.41) is 9.87. The van der Waals surface area contributed by atoms with E-state index in [4.69, 9.17) is 0 Å². The summed E-state index contributed by atoms with van der Waals surface area (Å²) in [6.07, 6.45) is 10.5. The molecule has 2 unspecified atom stereocenters. The highest BCUT2D eigenvalue weighted by atomic mass is 32.2. The molecule has 17 heavy (non-hydrogen) atoms. The summed E-state index contributed by atoms with van der Waals surface area (Å²) in [4.78, 5) is 1.54. The Morgan fingerprint density at radius 2 is 1.94 bits per heavy atom. The van der Waals surface area contributed by atoms with Gasteiger partial charge in [-0.15, -0.1) is 11.8 Å². The zero-order valence-electron chi connectivity index (χ0n) is 9.67. The van der Waals surface area contributed by atoms with E-state index in [1.165, 1.54) is 29.7 Å². The summed E-state index contributed by atoms with van der Waals surface area (Å²) in [6.45, 7) is 0. The molecular weight excluding hydrogens is 228 g/mol. The van der Waals surface area contributed by atoms with Crippen LogP contribution in [0, 0.1) is 5.92 Å². The van der Waals surface area contributed by atoms with Crippen molar-refractivity contribution in [3.05, 3.63) is 53.0 Å². The Labute approximate surface area is 106 Å². The molecule has 1 saturated heterocycles. The Balaban J connectivity index is 1.79. The molecule has 1 fully saturated rings. The van der Waals surface area contributed by atoms with Gasteiger partial charge in [0, 0.05) is 5.25 Å². The summed E-state index contributed by atoms with van der Waals surface area (Å²) in [7, 11) is 0. The molecule has 0 spiro atoms. The average molecular weight is 244 g/mol. The number of phenolic OH excluding ortho intramolecular Hbond substituents is 1. The number of allylic oxidation sites excluding steroid dienone is 4. The van der Waals surface area contributed by atoms with E-state index < -0.39 is 0 Å². The minimum atomic E-state index is 0.354. The molecule has 2 aliphatic rings. The van der Waals surface area contributed by atoms with Crippen LogP contribution in [0.5, 0.6) is 5.75 Å².